The molecule has 0 amide bonds. The van der Waals surface area contributed by atoms with Gasteiger partial charge in [0.15, 0.2) is 0 Å². The minimum Gasteiger partial charge on any atom is -0.265 e. The van der Waals surface area contributed by atoms with Crippen molar-refractivity contribution < 1.29 is 0 Å². The number of rotatable bonds is 9. The zero-order chi connectivity index (χ0) is 16.5. The molecule has 2 heteroatoms. The predicted molar refractivity (Wildman–Crippen MR) is 97.6 cm³/mol. The highest BCUT2D eigenvalue weighted by Gasteiger charge is 2.08. The second-order valence-corrected chi connectivity index (χ2v) is 7.02. The van der Waals surface area contributed by atoms with Crippen LogP contribution >= 0.6 is 0 Å². The van der Waals surface area contributed by atoms with Crippen LogP contribution in [0.4, 0.5) is 0 Å². The van der Waals surface area contributed by atoms with Crippen molar-refractivity contribution in [2.24, 2.45) is 5.92 Å². The molecular weight excluding hydrogens is 280 g/mol. The third-order valence-corrected chi connectivity index (χ3v) is 4.45. The highest BCUT2D eigenvalue weighted by molar-refractivity contribution is 5.19. The molecule has 0 aliphatic carbocycles. The van der Waals surface area contributed by atoms with Crippen molar-refractivity contribution in [2.45, 2.75) is 65.2 Å². The first-order chi connectivity index (χ1) is 11.1. The molecule has 0 unspecified atom stereocenters. The molecule has 0 saturated carbocycles. The minimum absolute atomic E-state index is 0.530. The molecule has 0 fully saturated rings. The van der Waals surface area contributed by atoms with Crippen LogP contribution in [0.3, 0.4) is 0 Å². The van der Waals surface area contributed by atoms with Crippen molar-refractivity contribution >= 4 is 0 Å². The second-order valence-electron chi connectivity index (χ2n) is 7.02. The van der Waals surface area contributed by atoms with Crippen molar-refractivity contribution in [2.75, 3.05) is 0 Å². The SMILES string of the molecule is CC(C)CCCc1ccnc([C@H](C)CCCc2ccncc2)c1. The van der Waals surface area contributed by atoms with E-state index in [-0.39, 0.29) is 0 Å². The monoisotopic (exact) mass is 310 g/mol. The summed E-state index contributed by atoms with van der Waals surface area (Å²) in [5.41, 5.74) is 4.07. The maximum atomic E-state index is 4.60. The minimum atomic E-state index is 0.530. The maximum Gasteiger partial charge on any atom is 0.0434 e. The molecule has 0 aliphatic rings. The Hall–Kier alpha value is -1.70. The summed E-state index contributed by atoms with van der Waals surface area (Å²) in [4.78, 5) is 8.67. The molecule has 1 atom stereocenters. The smallest absolute Gasteiger partial charge is 0.0434 e. The third-order valence-electron chi connectivity index (χ3n) is 4.45. The molecule has 2 rings (SSSR count). The molecule has 0 aromatic carbocycles. The van der Waals surface area contributed by atoms with Gasteiger partial charge in [0, 0.05) is 24.3 Å². The lowest BCUT2D eigenvalue weighted by Gasteiger charge is -2.12. The van der Waals surface area contributed by atoms with Crippen LogP contribution in [-0.4, -0.2) is 9.97 Å². The summed E-state index contributed by atoms with van der Waals surface area (Å²) in [7, 11) is 0. The van der Waals surface area contributed by atoms with E-state index in [4.69, 9.17) is 0 Å². The molecule has 2 aromatic rings. The van der Waals surface area contributed by atoms with E-state index in [1.54, 1.807) is 0 Å². The number of hydrogen-bond donors (Lipinski definition) is 0. The summed E-state index contributed by atoms with van der Waals surface area (Å²) < 4.78 is 0. The Morgan fingerprint density at radius 3 is 2.22 bits per heavy atom. The highest BCUT2D eigenvalue weighted by Crippen LogP contribution is 2.21. The van der Waals surface area contributed by atoms with E-state index in [9.17, 15) is 0 Å². The molecule has 23 heavy (non-hydrogen) atoms. The van der Waals surface area contributed by atoms with Gasteiger partial charge in [-0.05, 0) is 79.3 Å². The first-order valence-corrected chi connectivity index (χ1v) is 8.99. The van der Waals surface area contributed by atoms with Gasteiger partial charge in [-0.25, -0.2) is 0 Å². The van der Waals surface area contributed by atoms with Crippen molar-refractivity contribution in [3.8, 4) is 0 Å². The number of aromatic nitrogens is 2. The fourth-order valence-electron chi connectivity index (χ4n) is 2.94. The summed E-state index contributed by atoms with van der Waals surface area (Å²) >= 11 is 0. The molecule has 2 nitrogen and oxygen atoms in total. The van der Waals surface area contributed by atoms with E-state index in [0.29, 0.717) is 5.92 Å². The van der Waals surface area contributed by atoms with Gasteiger partial charge in [0.25, 0.3) is 0 Å². The molecular formula is C21H30N2. The van der Waals surface area contributed by atoms with Gasteiger partial charge in [-0.2, -0.15) is 0 Å². The van der Waals surface area contributed by atoms with Crippen molar-refractivity contribution in [3.63, 3.8) is 0 Å². The van der Waals surface area contributed by atoms with Crippen molar-refractivity contribution in [1.29, 1.82) is 0 Å². The summed E-state index contributed by atoms with van der Waals surface area (Å²) in [5, 5.41) is 0. The van der Waals surface area contributed by atoms with E-state index < -0.39 is 0 Å². The van der Waals surface area contributed by atoms with E-state index in [1.165, 1.54) is 48.9 Å². The van der Waals surface area contributed by atoms with E-state index >= 15 is 0 Å². The summed E-state index contributed by atoms with van der Waals surface area (Å²) in [6.45, 7) is 6.89. The van der Waals surface area contributed by atoms with Gasteiger partial charge < -0.3 is 0 Å². The van der Waals surface area contributed by atoms with Crippen LogP contribution in [0.15, 0.2) is 42.9 Å². The molecule has 0 bridgehead atoms. The number of pyridine rings is 2. The van der Waals surface area contributed by atoms with Gasteiger partial charge in [0.2, 0.25) is 0 Å². The van der Waals surface area contributed by atoms with Crippen LogP contribution < -0.4 is 0 Å². The van der Waals surface area contributed by atoms with Crippen LogP contribution in [0.25, 0.3) is 0 Å². The average molecular weight is 310 g/mol. The highest BCUT2D eigenvalue weighted by atomic mass is 14.7. The standard InChI is InChI=1S/C21H30N2/c1-17(2)6-4-9-20-12-15-23-21(16-20)18(3)7-5-8-19-10-13-22-14-11-19/h10-18H,4-9H2,1-3H3/t18-/m1/s1. The molecule has 124 valence electrons. The maximum absolute atomic E-state index is 4.60. The number of aryl methyl sites for hydroxylation is 2. The van der Waals surface area contributed by atoms with Gasteiger partial charge in [-0.1, -0.05) is 27.2 Å². The van der Waals surface area contributed by atoms with Crippen LogP contribution in [0, 0.1) is 5.92 Å². The normalized spacial score (nSPS) is 12.5. The zero-order valence-corrected chi connectivity index (χ0v) is 14.8. The van der Waals surface area contributed by atoms with Crippen LogP contribution in [0.1, 0.15) is 69.2 Å². The molecule has 0 saturated heterocycles. The van der Waals surface area contributed by atoms with E-state index in [1.807, 2.05) is 18.6 Å². The summed E-state index contributed by atoms with van der Waals surface area (Å²) in [6.07, 6.45) is 13.0. The van der Waals surface area contributed by atoms with E-state index in [2.05, 4.69) is 55.0 Å². The lowest BCUT2D eigenvalue weighted by molar-refractivity contribution is 0.555. The molecule has 2 heterocycles. The first-order valence-electron chi connectivity index (χ1n) is 8.99. The third kappa shape index (κ3) is 6.52. The van der Waals surface area contributed by atoms with Crippen molar-refractivity contribution in [3.05, 3.63) is 59.7 Å². The molecule has 2 aromatic heterocycles. The Labute approximate surface area is 141 Å². The fourth-order valence-corrected chi connectivity index (χ4v) is 2.94. The average Bonchev–Trinajstić information content (AvgIpc) is 2.56. The Bertz CT molecular complexity index is 563. The number of hydrogen-bond acceptors (Lipinski definition) is 2. The summed E-state index contributed by atoms with van der Waals surface area (Å²) in [5.74, 6) is 1.32. The molecule has 0 radical (unpaired) electrons. The van der Waals surface area contributed by atoms with Gasteiger partial charge in [0.05, 0.1) is 0 Å². The largest absolute Gasteiger partial charge is 0.265 e. The lowest BCUT2D eigenvalue weighted by atomic mass is 9.96. The van der Waals surface area contributed by atoms with Crippen LogP contribution in [0.5, 0.6) is 0 Å². The fraction of sp³-hybridized carbons (Fsp3) is 0.524. The topological polar surface area (TPSA) is 25.8 Å². The van der Waals surface area contributed by atoms with Crippen LogP contribution in [0.2, 0.25) is 0 Å². The lowest BCUT2D eigenvalue weighted by Crippen LogP contribution is -2.00. The Balaban J connectivity index is 1.80. The van der Waals surface area contributed by atoms with Gasteiger partial charge >= 0.3 is 0 Å². The van der Waals surface area contributed by atoms with Crippen molar-refractivity contribution in [1.82, 2.24) is 9.97 Å². The first kappa shape index (κ1) is 17.7. The van der Waals surface area contributed by atoms with Gasteiger partial charge in [-0.3, -0.25) is 9.97 Å². The number of nitrogens with zero attached hydrogens (tertiary/aromatic N) is 2. The summed E-state index contributed by atoms with van der Waals surface area (Å²) in [6, 6.07) is 8.71. The van der Waals surface area contributed by atoms with Crippen LogP contribution in [-0.2, 0) is 12.8 Å². The zero-order valence-electron chi connectivity index (χ0n) is 14.8. The second kappa shape index (κ2) is 9.44. The van der Waals surface area contributed by atoms with E-state index in [0.717, 1.165) is 12.3 Å². The van der Waals surface area contributed by atoms with Gasteiger partial charge in [0.1, 0.15) is 0 Å². The Morgan fingerprint density at radius 1 is 0.826 bits per heavy atom. The Kier molecular flexibility index (Phi) is 7.25. The molecule has 0 N–H and O–H groups in total. The van der Waals surface area contributed by atoms with Gasteiger partial charge in [-0.15, -0.1) is 0 Å². The molecule has 0 spiro atoms. The predicted octanol–water partition coefficient (Wildman–Crippen LogP) is 5.58. The quantitative estimate of drug-likeness (QED) is 0.604. The Morgan fingerprint density at radius 2 is 1.48 bits per heavy atom. The molecule has 0 aliphatic heterocycles.